The molecule has 0 saturated heterocycles. The molecule has 0 aliphatic rings. The van der Waals surface area contributed by atoms with Crippen LogP contribution in [0.3, 0.4) is 0 Å². The number of carbonyl (C=O) groups is 1. The standard InChI is InChI=1S/C7H6O3/c8-6-4-2-1-3-5(6)7(9)10/h1-4,8H,(H,9,10)/i5+1. The Kier molecular flexibility index (Phi) is 1.58. The molecule has 1 rings (SSSR count). The summed E-state index contributed by atoms with van der Waals surface area (Å²) in [5.41, 5.74) is -0.0671. The van der Waals surface area contributed by atoms with Crippen molar-refractivity contribution in [2.45, 2.75) is 0 Å². The zero-order valence-corrected chi connectivity index (χ0v) is 5.11. The molecule has 0 heterocycles. The Morgan fingerprint density at radius 2 is 1.90 bits per heavy atom. The summed E-state index contributed by atoms with van der Waals surface area (Å²) in [5.74, 6) is -1.31. The van der Waals surface area contributed by atoms with Gasteiger partial charge in [-0.3, -0.25) is 0 Å². The lowest BCUT2D eigenvalue weighted by Gasteiger charge is -1.95. The third kappa shape index (κ3) is 1.07. The molecule has 2 N–H and O–H groups in total. The van der Waals surface area contributed by atoms with E-state index < -0.39 is 5.97 Å². The molecular weight excluding hydrogens is 133 g/mol. The largest absolute Gasteiger partial charge is 0.507 e. The highest BCUT2D eigenvalue weighted by atomic mass is 16.4. The van der Waals surface area contributed by atoms with Crippen LogP contribution in [0, 0.1) is 0 Å². The highest BCUT2D eigenvalue weighted by Gasteiger charge is 2.05. The Morgan fingerprint density at radius 3 is 2.30 bits per heavy atom. The number of aromatic carboxylic acids is 1. The maximum atomic E-state index is 10.3. The zero-order chi connectivity index (χ0) is 7.56. The van der Waals surface area contributed by atoms with Crippen LogP contribution in [-0.2, 0) is 0 Å². The number of para-hydroxylation sites is 1. The molecule has 0 aliphatic carbocycles. The highest BCUT2D eigenvalue weighted by molar-refractivity contribution is 5.90. The molecule has 0 bridgehead atoms. The monoisotopic (exact) mass is 139 g/mol. The van der Waals surface area contributed by atoms with Gasteiger partial charge in [0.05, 0.1) is 0 Å². The normalized spacial score (nSPS) is 9.20. The summed E-state index contributed by atoms with van der Waals surface area (Å²) >= 11 is 0. The number of rotatable bonds is 1. The van der Waals surface area contributed by atoms with E-state index in [1.807, 2.05) is 0 Å². The number of benzene rings is 1. The molecule has 0 saturated carbocycles. The molecule has 0 radical (unpaired) electrons. The molecule has 0 unspecified atom stereocenters. The quantitative estimate of drug-likeness (QED) is 0.612. The molecule has 0 atom stereocenters. The van der Waals surface area contributed by atoms with E-state index in [2.05, 4.69) is 0 Å². The van der Waals surface area contributed by atoms with Crippen molar-refractivity contribution in [1.82, 2.24) is 0 Å². The van der Waals surface area contributed by atoms with Gasteiger partial charge in [0.1, 0.15) is 11.3 Å². The van der Waals surface area contributed by atoms with E-state index in [1.165, 1.54) is 12.1 Å². The Labute approximate surface area is 57.5 Å². The van der Waals surface area contributed by atoms with Gasteiger partial charge >= 0.3 is 5.97 Å². The van der Waals surface area contributed by atoms with Crippen LogP contribution in [0.2, 0.25) is 0 Å². The number of hydrogen-bond acceptors (Lipinski definition) is 2. The van der Waals surface area contributed by atoms with Gasteiger partial charge in [-0.2, -0.15) is 0 Å². The van der Waals surface area contributed by atoms with Crippen LogP contribution < -0.4 is 0 Å². The Morgan fingerprint density at radius 1 is 1.30 bits per heavy atom. The van der Waals surface area contributed by atoms with Gasteiger partial charge in [0.15, 0.2) is 0 Å². The van der Waals surface area contributed by atoms with Crippen LogP contribution in [0.25, 0.3) is 0 Å². The van der Waals surface area contributed by atoms with Crippen LogP contribution in [0.4, 0.5) is 0 Å². The van der Waals surface area contributed by atoms with Crippen LogP contribution >= 0.6 is 0 Å². The minimum Gasteiger partial charge on any atom is -0.507 e. The average Bonchev–Trinajstić information content (AvgIpc) is 1.88. The number of carboxylic acid groups (broad SMARTS) is 1. The van der Waals surface area contributed by atoms with Crippen molar-refractivity contribution in [3.8, 4) is 5.75 Å². The van der Waals surface area contributed by atoms with E-state index in [0.717, 1.165) is 0 Å². The first-order valence-corrected chi connectivity index (χ1v) is 2.73. The highest BCUT2D eigenvalue weighted by Crippen LogP contribution is 2.14. The SMILES string of the molecule is O=C(O)[13c]1ccccc1O. The first-order valence-electron chi connectivity index (χ1n) is 2.73. The predicted molar refractivity (Wildman–Crippen MR) is 35.1 cm³/mol. The maximum Gasteiger partial charge on any atom is 0.339 e. The minimum atomic E-state index is -1.11. The second kappa shape index (κ2) is 2.39. The number of carboxylic acids is 1. The summed E-state index contributed by atoms with van der Waals surface area (Å²) in [6, 6.07) is 5.81. The van der Waals surface area contributed by atoms with Crippen molar-refractivity contribution in [1.29, 1.82) is 0 Å². The van der Waals surface area contributed by atoms with Crippen molar-refractivity contribution in [3.63, 3.8) is 0 Å². The van der Waals surface area contributed by atoms with Gasteiger partial charge in [-0.05, 0) is 12.1 Å². The summed E-state index contributed by atoms with van der Waals surface area (Å²) in [7, 11) is 0. The first-order chi connectivity index (χ1) is 4.72. The van der Waals surface area contributed by atoms with Crippen LogP contribution in [0.1, 0.15) is 10.4 Å². The molecule has 52 valence electrons. The molecule has 1 aromatic carbocycles. The molecule has 1 aromatic rings. The molecule has 0 fully saturated rings. The van der Waals surface area contributed by atoms with Gasteiger partial charge in [0.2, 0.25) is 0 Å². The number of aromatic hydroxyl groups is 1. The summed E-state index contributed by atoms with van der Waals surface area (Å²) in [6.45, 7) is 0. The molecule has 3 nitrogen and oxygen atoms in total. The van der Waals surface area contributed by atoms with Gasteiger partial charge in [-0.15, -0.1) is 0 Å². The second-order valence-corrected chi connectivity index (χ2v) is 1.82. The molecule has 3 heteroatoms. The molecule has 0 aromatic heterocycles. The van der Waals surface area contributed by atoms with E-state index in [0.29, 0.717) is 0 Å². The number of hydrogen-bond donors (Lipinski definition) is 2. The Balaban J connectivity index is 3.15. The lowest BCUT2D eigenvalue weighted by atomic mass is 10.4. The Hall–Kier alpha value is -1.51. The summed E-state index contributed by atoms with van der Waals surface area (Å²) in [5, 5.41) is 17.3. The van der Waals surface area contributed by atoms with Crippen LogP contribution in [-0.4, -0.2) is 16.2 Å². The molecule has 0 aliphatic heterocycles. The van der Waals surface area contributed by atoms with Crippen LogP contribution in [0.5, 0.6) is 5.75 Å². The van der Waals surface area contributed by atoms with Crippen molar-refractivity contribution < 1.29 is 15.0 Å². The average molecular weight is 139 g/mol. The predicted octanol–water partition coefficient (Wildman–Crippen LogP) is 1.09. The van der Waals surface area contributed by atoms with Gasteiger partial charge < -0.3 is 10.2 Å². The third-order valence-electron chi connectivity index (χ3n) is 1.13. The van der Waals surface area contributed by atoms with Gasteiger partial charge in [0, 0.05) is 0 Å². The van der Waals surface area contributed by atoms with Gasteiger partial charge in [-0.25, -0.2) is 4.79 Å². The summed E-state index contributed by atoms with van der Waals surface area (Å²) in [6.07, 6.45) is 0. The van der Waals surface area contributed by atoms with E-state index in [-0.39, 0.29) is 11.3 Å². The van der Waals surface area contributed by atoms with Crippen molar-refractivity contribution in [2.24, 2.45) is 0 Å². The fourth-order valence-corrected chi connectivity index (χ4v) is 0.654. The van der Waals surface area contributed by atoms with E-state index in [4.69, 9.17) is 10.2 Å². The first kappa shape index (κ1) is 6.61. The molecule has 0 amide bonds. The van der Waals surface area contributed by atoms with Crippen molar-refractivity contribution >= 4 is 5.97 Å². The number of phenols is 1. The van der Waals surface area contributed by atoms with Gasteiger partial charge in [-0.1, -0.05) is 12.1 Å². The van der Waals surface area contributed by atoms with Gasteiger partial charge in [0.25, 0.3) is 0 Å². The molecular formula is C7H6O3. The zero-order valence-electron chi connectivity index (χ0n) is 5.11. The fraction of sp³-hybridized carbons (Fsp3) is 0. The van der Waals surface area contributed by atoms with Crippen molar-refractivity contribution in [3.05, 3.63) is 29.8 Å². The van der Waals surface area contributed by atoms with Crippen LogP contribution in [0.15, 0.2) is 24.3 Å². The smallest absolute Gasteiger partial charge is 0.339 e. The third-order valence-corrected chi connectivity index (χ3v) is 1.13. The minimum absolute atomic E-state index is 0.0671. The topological polar surface area (TPSA) is 57.5 Å². The second-order valence-electron chi connectivity index (χ2n) is 1.82. The van der Waals surface area contributed by atoms with E-state index in [9.17, 15) is 4.79 Å². The summed E-state index contributed by atoms with van der Waals surface area (Å²) in [4.78, 5) is 10.3. The van der Waals surface area contributed by atoms with E-state index >= 15 is 0 Å². The fourth-order valence-electron chi connectivity index (χ4n) is 0.654. The Bertz CT molecular complexity index is 255. The maximum absolute atomic E-state index is 10.3. The van der Waals surface area contributed by atoms with Crippen molar-refractivity contribution in [2.75, 3.05) is 0 Å². The lowest BCUT2D eigenvalue weighted by molar-refractivity contribution is 0.0694. The van der Waals surface area contributed by atoms with E-state index in [1.54, 1.807) is 12.1 Å². The molecule has 10 heavy (non-hydrogen) atoms. The molecule has 0 spiro atoms. The summed E-state index contributed by atoms with van der Waals surface area (Å²) < 4.78 is 0. The lowest BCUT2D eigenvalue weighted by Crippen LogP contribution is -1.95.